The molecule has 17 heavy (non-hydrogen) atoms. The van der Waals surface area contributed by atoms with Gasteiger partial charge in [-0.15, -0.1) is 0 Å². The van der Waals surface area contributed by atoms with Crippen LogP contribution in [0, 0.1) is 0 Å². The topological polar surface area (TPSA) is 53.7 Å². The molecular weight excluding hydrogens is 218 g/mol. The molecule has 4 nitrogen and oxygen atoms in total. The molecular formula is C13H15NO3. The minimum atomic E-state index is 0.503. The van der Waals surface area contributed by atoms with Gasteiger partial charge in [0.25, 0.3) is 0 Å². The number of nitrogen functional groups attached to an aromatic ring is 1. The number of ether oxygens (including phenoxy) is 3. The Hall–Kier alpha value is -2.10. The molecule has 90 valence electrons. The number of hydrogen-bond acceptors (Lipinski definition) is 4. The van der Waals surface area contributed by atoms with Crippen molar-refractivity contribution in [1.29, 1.82) is 0 Å². The minimum absolute atomic E-state index is 0.503. The summed E-state index contributed by atoms with van der Waals surface area (Å²) >= 11 is 0. The third-order valence-electron chi connectivity index (χ3n) is 2.73. The standard InChI is InChI=1S/C13H15NO3/c1-15-11-9-7-5-4-6-8(9)10(14)12(16-2)13(11)17-3/h4-7H,14H2,1-3H3. The van der Waals surface area contributed by atoms with Crippen molar-refractivity contribution in [2.45, 2.75) is 0 Å². The zero-order valence-electron chi connectivity index (χ0n) is 10.1. The lowest BCUT2D eigenvalue weighted by Crippen LogP contribution is -2.00. The molecule has 0 aliphatic heterocycles. The average molecular weight is 233 g/mol. The smallest absolute Gasteiger partial charge is 0.206 e. The van der Waals surface area contributed by atoms with Crippen LogP contribution in [-0.2, 0) is 0 Å². The molecule has 0 aromatic heterocycles. The molecule has 0 saturated heterocycles. The number of rotatable bonds is 3. The maximum atomic E-state index is 6.07. The number of hydrogen-bond donors (Lipinski definition) is 1. The van der Waals surface area contributed by atoms with E-state index < -0.39 is 0 Å². The van der Waals surface area contributed by atoms with Crippen molar-refractivity contribution in [3.63, 3.8) is 0 Å². The van der Waals surface area contributed by atoms with Crippen LogP contribution in [0.2, 0.25) is 0 Å². The maximum Gasteiger partial charge on any atom is 0.206 e. The Morgan fingerprint density at radius 3 is 1.82 bits per heavy atom. The highest BCUT2D eigenvalue weighted by molar-refractivity contribution is 6.02. The van der Waals surface area contributed by atoms with Crippen LogP contribution in [0.1, 0.15) is 0 Å². The third-order valence-corrected chi connectivity index (χ3v) is 2.73. The van der Waals surface area contributed by atoms with Gasteiger partial charge in [-0.1, -0.05) is 24.3 Å². The molecule has 4 heteroatoms. The number of methoxy groups -OCH3 is 3. The van der Waals surface area contributed by atoms with E-state index in [1.54, 1.807) is 21.3 Å². The van der Waals surface area contributed by atoms with Gasteiger partial charge in [-0.05, 0) is 0 Å². The van der Waals surface area contributed by atoms with Crippen LogP contribution in [0.3, 0.4) is 0 Å². The maximum absolute atomic E-state index is 6.07. The van der Waals surface area contributed by atoms with Gasteiger partial charge in [-0.2, -0.15) is 0 Å². The molecule has 0 unspecified atom stereocenters. The van der Waals surface area contributed by atoms with E-state index in [1.807, 2.05) is 24.3 Å². The summed E-state index contributed by atoms with van der Waals surface area (Å²) in [4.78, 5) is 0. The molecule has 2 aromatic rings. The molecule has 2 aromatic carbocycles. The predicted molar refractivity (Wildman–Crippen MR) is 68.0 cm³/mol. The largest absolute Gasteiger partial charge is 0.492 e. The van der Waals surface area contributed by atoms with E-state index in [0.717, 1.165) is 10.8 Å². The highest BCUT2D eigenvalue weighted by atomic mass is 16.5. The summed E-state index contributed by atoms with van der Waals surface area (Å²) in [5, 5.41) is 1.80. The van der Waals surface area contributed by atoms with E-state index in [2.05, 4.69) is 0 Å². The second kappa shape index (κ2) is 4.41. The quantitative estimate of drug-likeness (QED) is 0.827. The molecule has 2 N–H and O–H groups in total. The second-order valence-corrected chi connectivity index (χ2v) is 3.56. The number of benzene rings is 2. The van der Waals surface area contributed by atoms with E-state index in [1.165, 1.54) is 0 Å². The normalized spacial score (nSPS) is 10.3. The predicted octanol–water partition coefficient (Wildman–Crippen LogP) is 2.45. The lowest BCUT2D eigenvalue weighted by Gasteiger charge is -2.17. The van der Waals surface area contributed by atoms with Gasteiger partial charge in [0.2, 0.25) is 5.75 Å². The molecule has 0 amide bonds. The zero-order chi connectivity index (χ0) is 12.4. The van der Waals surface area contributed by atoms with E-state index in [-0.39, 0.29) is 0 Å². The SMILES string of the molecule is COc1c(OC)c(OC)c2ccccc2c1N. The highest BCUT2D eigenvalue weighted by Gasteiger charge is 2.19. The number of nitrogens with two attached hydrogens (primary N) is 1. The van der Waals surface area contributed by atoms with Crippen LogP contribution in [-0.4, -0.2) is 21.3 Å². The third kappa shape index (κ3) is 1.62. The minimum Gasteiger partial charge on any atom is -0.492 e. The van der Waals surface area contributed by atoms with Crippen molar-refractivity contribution in [2.75, 3.05) is 27.1 Å². The molecule has 0 aliphatic rings. The van der Waals surface area contributed by atoms with Crippen LogP contribution in [0.4, 0.5) is 5.69 Å². The zero-order valence-corrected chi connectivity index (χ0v) is 10.1. The summed E-state index contributed by atoms with van der Waals surface area (Å²) in [5.41, 5.74) is 6.63. The van der Waals surface area contributed by atoms with Gasteiger partial charge in [0.05, 0.1) is 27.0 Å². The molecule has 0 heterocycles. The molecule has 0 fully saturated rings. The average Bonchev–Trinajstić information content (AvgIpc) is 2.38. The molecule has 0 saturated carbocycles. The Bertz CT molecular complexity index is 552. The summed E-state index contributed by atoms with van der Waals surface area (Å²) in [6.07, 6.45) is 0. The fraction of sp³-hybridized carbons (Fsp3) is 0.231. The summed E-state index contributed by atoms with van der Waals surface area (Å²) in [7, 11) is 4.72. The Kier molecular flexibility index (Phi) is 2.95. The van der Waals surface area contributed by atoms with Crippen molar-refractivity contribution in [3.05, 3.63) is 24.3 Å². The molecule has 0 bridgehead atoms. The van der Waals surface area contributed by atoms with Gasteiger partial charge in [-0.3, -0.25) is 0 Å². The first-order chi connectivity index (χ1) is 8.24. The number of fused-ring (bicyclic) bond motifs is 1. The van der Waals surface area contributed by atoms with Crippen LogP contribution in [0.25, 0.3) is 10.8 Å². The second-order valence-electron chi connectivity index (χ2n) is 3.56. The van der Waals surface area contributed by atoms with Crippen LogP contribution >= 0.6 is 0 Å². The summed E-state index contributed by atoms with van der Waals surface area (Å²) in [6.45, 7) is 0. The van der Waals surface area contributed by atoms with Crippen molar-refractivity contribution in [3.8, 4) is 17.2 Å². The van der Waals surface area contributed by atoms with Gasteiger partial charge >= 0.3 is 0 Å². The van der Waals surface area contributed by atoms with E-state index in [9.17, 15) is 0 Å². The Balaban J connectivity index is 2.93. The summed E-state index contributed by atoms with van der Waals surface area (Å²) in [6, 6.07) is 7.71. The van der Waals surface area contributed by atoms with Gasteiger partial charge in [0.15, 0.2) is 11.5 Å². The van der Waals surface area contributed by atoms with E-state index in [0.29, 0.717) is 22.9 Å². The molecule has 2 rings (SSSR count). The van der Waals surface area contributed by atoms with Gasteiger partial charge < -0.3 is 19.9 Å². The lowest BCUT2D eigenvalue weighted by atomic mass is 10.1. The Morgan fingerprint density at radius 2 is 1.29 bits per heavy atom. The Labute approximate surface area is 99.9 Å². The van der Waals surface area contributed by atoms with Crippen molar-refractivity contribution < 1.29 is 14.2 Å². The lowest BCUT2D eigenvalue weighted by molar-refractivity contribution is 0.328. The fourth-order valence-electron chi connectivity index (χ4n) is 1.98. The van der Waals surface area contributed by atoms with Crippen LogP contribution in [0.5, 0.6) is 17.2 Å². The molecule has 0 spiro atoms. The number of anilines is 1. The summed E-state index contributed by atoms with van der Waals surface area (Å²) < 4.78 is 16.0. The van der Waals surface area contributed by atoms with Crippen molar-refractivity contribution in [1.82, 2.24) is 0 Å². The molecule has 0 aliphatic carbocycles. The first-order valence-corrected chi connectivity index (χ1v) is 5.20. The fourth-order valence-corrected chi connectivity index (χ4v) is 1.98. The monoisotopic (exact) mass is 233 g/mol. The van der Waals surface area contributed by atoms with E-state index in [4.69, 9.17) is 19.9 Å². The van der Waals surface area contributed by atoms with Crippen LogP contribution < -0.4 is 19.9 Å². The van der Waals surface area contributed by atoms with Gasteiger partial charge in [0, 0.05) is 10.8 Å². The van der Waals surface area contributed by atoms with E-state index >= 15 is 0 Å². The van der Waals surface area contributed by atoms with Crippen molar-refractivity contribution in [2.24, 2.45) is 0 Å². The first-order valence-electron chi connectivity index (χ1n) is 5.20. The summed E-state index contributed by atoms with van der Waals surface area (Å²) in [5.74, 6) is 1.66. The van der Waals surface area contributed by atoms with Crippen molar-refractivity contribution >= 4 is 16.5 Å². The Morgan fingerprint density at radius 1 is 0.765 bits per heavy atom. The highest BCUT2D eigenvalue weighted by Crippen LogP contribution is 2.47. The van der Waals surface area contributed by atoms with Crippen LogP contribution in [0.15, 0.2) is 24.3 Å². The van der Waals surface area contributed by atoms with Gasteiger partial charge in [0.1, 0.15) is 0 Å². The van der Waals surface area contributed by atoms with Gasteiger partial charge in [-0.25, -0.2) is 0 Å². The first kappa shape index (κ1) is 11.4. The molecule has 0 radical (unpaired) electrons. The molecule has 0 atom stereocenters.